The van der Waals surface area contributed by atoms with E-state index in [-0.39, 0.29) is 12.1 Å². The number of benzene rings is 1. The van der Waals surface area contributed by atoms with E-state index in [4.69, 9.17) is 38.5 Å². The number of hydrogen-bond acceptors (Lipinski definition) is 7. The van der Waals surface area contributed by atoms with Crippen molar-refractivity contribution in [3.63, 3.8) is 0 Å². The first-order valence-corrected chi connectivity index (χ1v) is 9.88. The minimum atomic E-state index is -1.33. The van der Waals surface area contributed by atoms with E-state index >= 15 is 0 Å². The van der Waals surface area contributed by atoms with Crippen LogP contribution in [0.25, 0.3) is 0 Å². The Labute approximate surface area is 187 Å². The number of carbonyl (C=O) groups excluding carboxylic acids is 1. The molecule has 0 fully saturated rings. The van der Waals surface area contributed by atoms with E-state index in [0.29, 0.717) is 18.4 Å². The van der Waals surface area contributed by atoms with Gasteiger partial charge in [-0.05, 0) is 24.1 Å². The number of aliphatic hydroxyl groups excluding tert-OH is 2. The number of carbonyl (C=O) groups is 3. The van der Waals surface area contributed by atoms with Crippen LogP contribution in [0.2, 0.25) is 0 Å². The average molecular weight is 483 g/mol. The van der Waals surface area contributed by atoms with Crippen LogP contribution in [0.3, 0.4) is 0 Å². The van der Waals surface area contributed by atoms with Crippen LogP contribution in [0.5, 0.6) is 0 Å². The maximum absolute atomic E-state index is 11.3. The van der Waals surface area contributed by atoms with Gasteiger partial charge in [-0.1, -0.05) is 36.5 Å². The number of carboxylic acid groups (broad SMARTS) is 2. The lowest BCUT2D eigenvalue weighted by Crippen LogP contribution is -2.44. The van der Waals surface area contributed by atoms with E-state index in [1.807, 2.05) is 6.92 Å². The summed E-state index contributed by atoms with van der Waals surface area (Å²) in [6, 6.07) is 4.05. The number of amides is 1. The summed E-state index contributed by atoms with van der Waals surface area (Å²) in [4.78, 5) is 40.4. The van der Waals surface area contributed by atoms with Gasteiger partial charge in [-0.3, -0.25) is 24.5 Å². The molecule has 1 unspecified atom stereocenters. The Morgan fingerprint density at radius 3 is 2.06 bits per heavy atom. The zero-order chi connectivity index (χ0) is 24.1. The topological polar surface area (TPSA) is 187 Å². The van der Waals surface area contributed by atoms with E-state index < -0.39 is 52.3 Å². The molecule has 1 amide bonds. The van der Waals surface area contributed by atoms with Gasteiger partial charge in [0.15, 0.2) is 4.84 Å². The molecule has 3 atom stereocenters. The molecule has 11 nitrogen and oxygen atoms in total. The SMILES string of the molecule is CCCC(CC(=O)O)C(=O)O.O=C(N[C@H](CO)[C@H](O)c1ccc([N+](=O)[O-])cc1)C(Cl)Cl. The number of carboxylic acids is 2. The van der Waals surface area contributed by atoms with Crippen LogP contribution in [-0.4, -0.2) is 60.7 Å². The number of nitrogens with one attached hydrogen (secondary N) is 1. The van der Waals surface area contributed by atoms with Crippen LogP contribution < -0.4 is 5.32 Å². The maximum Gasteiger partial charge on any atom is 0.307 e. The Morgan fingerprint density at radius 1 is 1.16 bits per heavy atom. The molecule has 0 saturated heterocycles. The third kappa shape index (κ3) is 10.9. The zero-order valence-corrected chi connectivity index (χ0v) is 18.0. The van der Waals surface area contributed by atoms with Gasteiger partial charge in [-0.15, -0.1) is 0 Å². The van der Waals surface area contributed by atoms with Crippen LogP contribution in [0, 0.1) is 16.0 Å². The van der Waals surface area contributed by atoms with Crippen molar-refractivity contribution in [1.82, 2.24) is 5.32 Å². The Morgan fingerprint density at radius 2 is 1.71 bits per heavy atom. The molecule has 0 aromatic heterocycles. The maximum atomic E-state index is 11.3. The predicted molar refractivity (Wildman–Crippen MR) is 111 cm³/mol. The summed E-state index contributed by atoms with van der Waals surface area (Å²) in [5.74, 6) is -3.55. The molecule has 0 aliphatic heterocycles. The molecule has 0 bridgehead atoms. The fourth-order valence-electron chi connectivity index (χ4n) is 2.37. The Bertz CT molecular complexity index is 744. The molecule has 1 aromatic rings. The first-order valence-electron chi connectivity index (χ1n) is 9.00. The van der Waals surface area contributed by atoms with Gasteiger partial charge >= 0.3 is 11.9 Å². The fourth-order valence-corrected chi connectivity index (χ4v) is 2.49. The number of nitrogens with zero attached hydrogens (tertiary/aromatic N) is 1. The number of alkyl halides is 2. The molecule has 0 saturated carbocycles. The first-order chi connectivity index (χ1) is 14.4. The second kappa shape index (κ2) is 14.5. The van der Waals surface area contributed by atoms with E-state index in [2.05, 4.69) is 5.32 Å². The van der Waals surface area contributed by atoms with Crippen molar-refractivity contribution in [2.75, 3.05) is 6.61 Å². The van der Waals surface area contributed by atoms with Gasteiger partial charge in [0.2, 0.25) is 0 Å². The zero-order valence-electron chi connectivity index (χ0n) is 16.5. The third-order valence-electron chi connectivity index (χ3n) is 3.96. The average Bonchev–Trinajstić information content (AvgIpc) is 2.71. The standard InChI is InChI=1S/C11H12Cl2N2O5.C7H12O4/c12-10(13)11(18)14-8(5-16)9(17)6-1-3-7(4-2-6)15(19)20;1-2-3-5(7(10)11)4-6(8)9/h1-4,8-10,16-17H,5H2,(H,14,18);5H,2-4H2,1H3,(H,8,9)(H,10,11)/t8-,9-;/m1./s1. The Hall–Kier alpha value is -2.47. The van der Waals surface area contributed by atoms with Crippen LogP contribution >= 0.6 is 23.2 Å². The number of nitro benzene ring substituents is 1. The van der Waals surface area contributed by atoms with Crippen molar-refractivity contribution in [2.45, 2.75) is 43.2 Å². The number of aliphatic carboxylic acids is 2. The molecule has 5 N–H and O–H groups in total. The monoisotopic (exact) mass is 482 g/mol. The molecule has 0 aliphatic rings. The van der Waals surface area contributed by atoms with E-state index in [1.165, 1.54) is 24.3 Å². The van der Waals surface area contributed by atoms with Gasteiger partial charge in [-0.2, -0.15) is 0 Å². The van der Waals surface area contributed by atoms with E-state index in [9.17, 15) is 29.6 Å². The number of rotatable bonds is 11. The van der Waals surface area contributed by atoms with Crippen molar-refractivity contribution in [2.24, 2.45) is 5.92 Å². The molecular formula is C18H24Cl2N2O9. The van der Waals surface area contributed by atoms with Crippen LogP contribution in [0.4, 0.5) is 5.69 Å². The summed E-state index contributed by atoms with van der Waals surface area (Å²) in [7, 11) is 0. The summed E-state index contributed by atoms with van der Waals surface area (Å²) < 4.78 is 0. The second-order valence-electron chi connectivity index (χ2n) is 6.31. The smallest absolute Gasteiger partial charge is 0.307 e. The third-order valence-corrected chi connectivity index (χ3v) is 4.35. The fraction of sp³-hybridized carbons (Fsp3) is 0.500. The summed E-state index contributed by atoms with van der Waals surface area (Å²) in [6.45, 7) is 1.28. The van der Waals surface area contributed by atoms with Crippen molar-refractivity contribution < 1.29 is 39.7 Å². The molecular weight excluding hydrogens is 459 g/mol. The van der Waals surface area contributed by atoms with Gasteiger partial charge in [0, 0.05) is 12.1 Å². The summed E-state index contributed by atoms with van der Waals surface area (Å²) in [6.07, 6.45) is -0.397. The minimum Gasteiger partial charge on any atom is -0.481 e. The normalized spacial score (nSPS) is 13.4. The van der Waals surface area contributed by atoms with Crippen LogP contribution in [-0.2, 0) is 14.4 Å². The van der Waals surface area contributed by atoms with Gasteiger partial charge in [0.25, 0.3) is 11.6 Å². The van der Waals surface area contributed by atoms with Crippen molar-refractivity contribution >= 4 is 46.7 Å². The molecule has 0 aliphatic carbocycles. The summed E-state index contributed by atoms with van der Waals surface area (Å²) >= 11 is 10.7. The van der Waals surface area contributed by atoms with Gasteiger partial charge in [0.05, 0.1) is 29.9 Å². The molecule has 0 spiro atoms. The molecule has 1 aromatic carbocycles. The van der Waals surface area contributed by atoms with Crippen LogP contribution in [0.1, 0.15) is 37.9 Å². The molecule has 0 radical (unpaired) electrons. The van der Waals surface area contributed by atoms with E-state index in [0.717, 1.165) is 0 Å². The predicted octanol–water partition coefficient (Wildman–Crippen LogP) is 1.87. The molecule has 0 heterocycles. The molecule has 13 heteroatoms. The van der Waals surface area contributed by atoms with Crippen LogP contribution in [0.15, 0.2) is 24.3 Å². The van der Waals surface area contributed by atoms with Gasteiger partial charge < -0.3 is 25.7 Å². The largest absolute Gasteiger partial charge is 0.481 e. The number of hydrogen-bond donors (Lipinski definition) is 5. The Kier molecular flexibility index (Phi) is 13.4. The lowest BCUT2D eigenvalue weighted by Gasteiger charge is -2.22. The summed E-state index contributed by atoms with van der Waals surface area (Å²) in [5.41, 5.74) is 0.169. The minimum absolute atomic E-state index is 0.132. The molecule has 174 valence electrons. The van der Waals surface area contributed by atoms with Crippen molar-refractivity contribution in [3.8, 4) is 0 Å². The number of aliphatic hydroxyl groups is 2. The second-order valence-corrected chi connectivity index (χ2v) is 7.41. The number of non-ortho nitro benzene ring substituents is 1. The number of nitro groups is 1. The lowest BCUT2D eigenvalue weighted by atomic mass is 10.0. The quantitative estimate of drug-likeness (QED) is 0.178. The molecule has 1 rings (SSSR count). The molecule has 31 heavy (non-hydrogen) atoms. The summed E-state index contributed by atoms with van der Waals surface area (Å²) in [5, 5.41) is 48.7. The highest BCUT2D eigenvalue weighted by Gasteiger charge is 2.25. The van der Waals surface area contributed by atoms with Gasteiger partial charge in [-0.25, -0.2) is 0 Å². The lowest BCUT2D eigenvalue weighted by molar-refractivity contribution is -0.384. The highest BCUT2D eigenvalue weighted by Crippen LogP contribution is 2.20. The van der Waals surface area contributed by atoms with E-state index in [1.54, 1.807) is 0 Å². The highest BCUT2D eigenvalue weighted by atomic mass is 35.5. The first kappa shape index (κ1) is 28.5. The van der Waals surface area contributed by atoms with Crippen molar-refractivity contribution in [3.05, 3.63) is 39.9 Å². The van der Waals surface area contributed by atoms with Gasteiger partial charge in [0.1, 0.15) is 6.10 Å². The highest BCUT2D eigenvalue weighted by molar-refractivity contribution is 6.53. The van der Waals surface area contributed by atoms with Crippen molar-refractivity contribution in [1.29, 1.82) is 0 Å². The Balaban J connectivity index is 0.000000695. The number of halogens is 2.